The molecule has 1 heterocycles. The minimum Gasteiger partial charge on any atom is -0.464 e. The van der Waals surface area contributed by atoms with E-state index in [4.69, 9.17) is 4.99 Å². The summed E-state index contributed by atoms with van der Waals surface area (Å²) < 4.78 is 4.67. The van der Waals surface area contributed by atoms with Crippen molar-refractivity contribution in [1.82, 2.24) is 4.98 Å². The molecular weight excluding hydrogens is 300 g/mol. The van der Waals surface area contributed by atoms with Crippen LogP contribution >= 0.6 is 0 Å². The summed E-state index contributed by atoms with van der Waals surface area (Å²) in [6, 6.07) is 19.8. The van der Waals surface area contributed by atoms with Crippen LogP contribution in [0, 0.1) is 0 Å². The molecule has 4 rings (SSSR count). The van der Waals surface area contributed by atoms with E-state index in [-0.39, 0.29) is 5.69 Å². The van der Waals surface area contributed by atoms with Gasteiger partial charge in [0.25, 0.3) is 0 Å². The highest BCUT2D eigenvalue weighted by Crippen LogP contribution is 2.37. The Morgan fingerprint density at radius 3 is 1.96 bits per heavy atom. The maximum atomic E-state index is 11.5. The SMILES string of the molecule is COC(=O)c1ccc(N=C2c3ccccc3-c3ccccc32)cn1. The van der Waals surface area contributed by atoms with E-state index in [0.29, 0.717) is 5.69 Å². The maximum absolute atomic E-state index is 11.5. The summed E-state index contributed by atoms with van der Waals surface area (Å²) in [5.74, 6) is -0.453. The second kappa shape index (κ2) is 5.74. The number of fused-ring (bicyclic) bond motifs is 3. The van der Waals surface area contributed by atoms with E-state index in [9.17, 15) is 4.79 Å². The Balaban J connectivity index is 1.81. The highest BCUT2D eigenvalue weighted by molar-refractivity contribution is 6.25. The number of benzene rings is 2. The predicted molar refractivity (Wildman–Crippen MR) is 92.8 cm³/mol. The zero-order valence-corrected chi connectivity index (χ0v) is 13.1. The summed E-state index contributed by atoms with van der Waals surface area (Å²) in [5.41, 5.74) is 6.48. The first-order valence-electron chi connectivity index (χ1n) is 7.60. The number of ether oxygens (including phenoxy) is 1. The Labute approximate surface area is 139 Å². The molecular formula is C20H14N2O2. The standard InChI is InChI=1S/C20H14N2O2/c1-24-20(23)18-11-10-13(12-21-18)22-19-16-8-4-2-6-14(16)15-7-3-5-9-17(15)19/h2-12H,1H3. The number of rotatable bonds is 2. The van der Waals surface area contributed by atoms with Gasteiger partial charge in [-0.15, -0.1) is 0 Å². The number of aromatic nitrogens is 1. The zero-order chi connectivity index (χ0) is 16.5. The van der Waals surface area contributed by atoms with Crippen molar-refractivity contribution < 1.29 is 9.53 Å². The lowest BCUT2D eigenvalue weighted by molar-refractivity contribution is 0.0594. The van der Waals surface area contributed by atoms with Crippen molar-refractivity contribution in [2.75, 3.05) is 7.11 Å². The van der Waals surface area contributed by atoms with Crippen LogP contribution in [-0.2, 0) is 4.74 Å². The minimum atomic E-state index is -0.453. The van der Waals surface area contributed by atoms with Gasteiger partial charge in [0.2, 0.25) is 0 Å². The van der Waals surface area contributed by atoms with Gasteiger partial charge in [-0.1, -0.05) is 48.5 Å². The third-order valence-electron chi connectivity index (χ3n) is 4.04. The van der Waals surface area contributed by atoms with Gasteiger partial charge in [0.1, 0.15) is 5.69 Å². The van der Waals surface area contributed by atoms with Gasteiger partial charge in [0.15, 0.2) is 0 Å². The van der Waals surface area contributed by atoms with Crippen LogP contribution in [0.2, 0.25) is 0 Å². The van der Waals surface area contributed by atoms with Gasteiger partial charge in [-0.25, -0.2) is 14.8 Å². The van der Waals surface area contributed by atoms with Crippen LogP contribution in [-0.4, -0.2) is 23.8 Å². The molecule has 0 spiro atoms. The zero-order valence-electron chi connectivity index (χ0n) is 13.1. The topological polar surface area (TPSA) is 51.5 Å². The van der Waals surface area contributed by atoms with Crippen molar-refractivity contribution in [1.29, 1.82) is 0 Å². The number of carbonyl (C=O) groups is 1. The number of hydrogen-bond acceptors (Lipinski definition) is 4. The van der Waals surface area contributed by atoms with Crippen LogP contribution in [0.15, 0.2) is 71.9 Å². The molecule has 0 bridgehead atoms. The number of pyridine rings is 1. The Hall–Kier alpha value is -3.27. The highest BCUT2D eigenvalue weighted by Gasteiger charge is 2.23. The van der Waals surface area contributed by atoms with Crippen molar-refractivity contribution in [3.63, 3.8) is 0 Å². The van der Waals surface area contributed by atoms with Gasteiger partial charge >= 0.3 is 5.97 Å². The van der Waals surface area contributed by atoms with Gasteiger partial charge < -0.3 is 4.74 Å². The summed E-state index contributed by atoms with van der Waals surface area (Å²) in [4.78, 5) is 20.4. The van der Waals surface area contributed by atoms with E-state index in [1.54, 1.807) is 18.3 Å². The van der Waals surface area contributed by atoms with Crippen LogP contribution < -0.4 is 0 Å². The van der Waals surface area contributed by atoms with E-state index >= 15 is 0 Å². The van der Waals surface area contributed by atoms with Crippen LogP contribution in [0.4, 0.5) is 5.69 Å². The molecule has 0 saturated carbocycles. The quantitative estimate of drug-likeness (QED) is 0.525. The van der Waals surface area contributed by atoms with Crippen molar-refractivity contribution >= 4 is 17.4 Å². The Morgan fingerprint density at radius 1 is 0.875 bits per heavy atom. The van der Waals surface area contributed by atoms with Crippen LogP contribution in [0.1, 0.15) is 21.6 Å². The predicted octanol–water partition coefficient (Wildman–Crippen LogP) is 4.02. The second-order valence-corrected chi connectivity index (χ2v) is 5.44. The van der Waals surface area contributed by atoms with E-state index in [1.165, 1.54) is 18.2 Å². The fourth-order valence-corrected chi connectivity index (χ4v) is 2.92. The summed E-state index contributed by atoms with van der Waals surface area (Å²) in [6.07, 6.45) is 1.59. The molecule has 0 atom stereocenters. The van der Waals surface area contributed by atoms with Crippen molar-refractivity contribution in [3.8, 4) is 11.1 Å². The Morgan fingerprint density at radius 2 is 1.46 bits per heavy atom. The number of esters is 1. The fourth-order valence-electron chi connectivity index (χ4n) is 2.92. The smallest absolute Gasteiger partial charge is 0.356 e. The molecule has 0 amide bonds. The molecule has 0 unspecified atom stereocenters. The molecule has 2 aromatic carbocycles. The van der Waals surface area contributed by atoms with Crippen LogP contribution in [0.25, 0.3) is 11.1 Å². The van der Waals surface area contributed by atoms with Gasteiger partial charge in [-0.05, 0) is 23.3 Å². The number of hydrogen-bond donors (Lipinski definition) is 0. The molecule has 3 aromatic rings. The van der Waals surface area contributed by atoms with E-state index in [2.05, 4.69) is 34.0 Å². The van der Waals surface area contributed by atoms with Crippen LogP contribution in [0.3, 0.4) is 0 Å². The van der Waals surface area contributed by atoms with E-state index in [0.717, 1.165) is 16.8 Å². The molecule has 1 aliphatic carbocycles. The lowest BCUT2D eigenvalue weighted by Crippen LogP contribution is -2.03. The molecule has 116 valence electrons. The largest absolute Gasteiger partial charge is 0.464 e. The summed E-state index contributed by atoms with van der Waals surface area (Å²) in [7, 11) is 1.34. The van der Waals surface area contributed by atoms with Gasteiger partial charge in [-0.2, -0.15) is 0 Å². The van der Waals surface area contributed by atoms with Gasteiger partial charge in [-0.3, -0.25) is 0 Å². The molecule has 0 fully saturated rings. The highest BCUT2D eigenvalue weighted by atomic mass is 16.5. The minimum absolute atomic E-state index is 0.272. The molecule has 1 aliphatic rings. The van der Waals surface area contributed by atoms with E-state index < -0.39 is 5.97 Å². The van der Waals surface area contributed by atoms with Crippen molar-refractivity contribution in [2.45, 2.75) is 0 Å². The van der Waals surface area contributed by atoms with E-state index in [1.807, 2.05) is 24.3 Å². The first-order valence-corrected chi connectivity index (χ1v) is 7.60. The normalized spacial score (nSPS) is 11.6. The number of methoxy groups -OCH3 is 1. The monoisotopic (exact) mass is 314 g/mol. The average molecular weight is 314 g/mol. The average Bonchev–Trinajstić information content (AvgIpc) is 2.96. The molecule has 0 radical (unpaired) electrons. The summed E-state index contributed by atoms with van der Waals surface area (Å²) in [6.45, 7) is 0. The molecule has 1 aromatic heterocycles. The van der Waals surface area contributed by atoms with Crippen molar-refractivity contribution in [3.05, 3.63) is 83.7 Å². The molecule has 4 nitrogen and oxygen atoms in total. The molecule has 0 aliphatic heterocycles. The first-order chi connectivity index (χ1) is 11.8. The maximum Gasteiger partial charge on any atom is 0.356 e. The first kappa shape index (κ1) is 14.3. The molecule has 24 heavy (non-hydrogen) atoms. The third kappa shape index (κ3) is 2.29. The summed E-state index contributed by atoms with van der Waals surface area (Å²) >= 11 is 0. The van der Waals surface area contributed by atoms with Gasteiger partial charge in [0, 0.05) is 11.1 Å². The fraction of sp³-hybridized carbons (Fsp3) is 0.0500. The second-order valence-electron chi connectivity index (χ2n) is 5.44. The molecule has 0 N–H and O–H groups in total. The number of nitrogens with zero attached hydrogens (tertiary/aromatic N) is 2. The molecule has 0 saturated heterocycles. The third-order valence-corrected chi connectivity index (χ3v) is 4.04. The number of carbonyl (C=O) groups excluding carboxylic acids is 1. The van der Waals surface area contributed by atoms with Crippen molar-refractivity contribution in [2.24, 2.45) is 4.99 Å². The molecule has 4 heteroatoms. The Kier molecular flexibility index (Phi) is 3.43. The van der Waals surface area contributed by atoms with Crippen LogP contribution in [0.5, 0.6) is 0 Å². The lowest BCUT2D eigenvalue weighted by atomic mass is 10.1. The number of aliphatic imine (C=N–C) groups is 1. The van der Waals surface area contributed by atoms with Gasteiger partial charge in [0.05, 0.1) is 24.7 Å². The Bertz CT molecular complexity index is 912. The summed E-state index contributed by atoms with van der Waals surface area (Å²) in [5, 5.41) is 0. The lowest BCUT2D eigenvalue weighted by Gasteiger charge is -2.03.